The van der Waals surface area contributed by atoms with Crippen LogP contribution in [0.4, 0.5) is 0 Å². The van der Waals surface area contributed by atoms with Crippen molar-refractivity contribution in [2.45, 2.75) is 37.1 Å². The third-order valence-corrected chi connectivity index (χ3v) is 3.86. The van der Waals surface area contributed by atoms with E-state index in [2.05, 4.69) is 32.3 Å². The van der Waals surface area contributed by atoms with Gasteiger partial charge in [-0.2, -0.15) is 0 Å². The van der Waals surface area contributed by atoms with Gasteiger partial charge in [-0.25, -0.2) is 4.98 Å². The molecule has 0 aliphatic carbocycles. The van der Waals surface area contributed by atoms with Crippen LogP contribution >= 0.6 is 11.8 Å². The van der Waals surface area contributed by atoms with Gasteiger partial charge in [0.1, 0.15) is 5.82 Å². The number of nitrogens with one attached hydrogen (secondary N) is 1. The number of nitrogens with zero attached hydrogens (tertiary/aromatic N) is 4. The van der Waals surface area contributed by atoms with Gasteiger partial charge >= 0.3 is 0 Å². The highest BCUT2D eigenvalue weighted by Gasteiger charge is 2.09. The number of thioether (sulfide) groups is 1. The zero-order valence-corrected chi connectivity index (χ0v) is 13.1. The summed E-state index contributed by atoms with van der Waals surface area (Å²) in [6.07, 6.45) is 2.61. The van der Waals surface area contributed by atoms with E-state index in [1.54, 1.807) is 0 Å². The SMILES string of the molecule is CCCc1nc(SCc2nnc(Cc3ccccc3)o2)n[nH]1. The topological polar surface area (TPSA) is 80.5 Å². The molecule has 1 N–H and O–H groups in total. The Hall–Kier alpha value is -2.15. The number of aromatic amines is 1. The zero-order valence-electron chi connectivity index (χ0n) is 12.3. The van der Waals surface area contributed by atoms with Crippen molar-refractivity contribution in [3.63, 3.8) is 0 Å². The molecular formula is C15H17N5OS. The molecule has 0 saturated carbocycles. The highest BCUT2D eigenvalue weighted by atomic mass is 32.2. The van der Waals surface area contributed by atoms with E-state index in [0.29, 0.717) is 29.1 Å². The first-order valence-corrected chi connectivity index (χ1v) is 8.21. The van der Waals surface area contributed by atoms with Gasteiger partial charge in [0, 0.05) is 6.42 Å². The fourth-order valence-corrected chi connectivity index (χ4v) is 2.66. The molecule has 3 aromatic rings. The second kappa shape index (κ2) is 7.22. The molecule has 0 unspecified atom stereocenters. The lowest BCUT2D eigenvalue weighted by atomic mass is 10.2. The lowest BCUT2D eigenvalue weighted by molar-refractivity contribution is 0.474. The lowest BCUT2D eigenvalue weighted by Crippen LogP contribution is -1.87. The number of aryl methyl sites for hydroxylation is 1. The van der Waals surface area contributed by atoms with Crippen LogP contribution in [0.15, 0.2) is 39.9 Å². The van der Waals surface area contributed by atoms with E-state index in [9.17, 15) is 0 Å². The standard InChI is InChI=1S/C15H17N5OS/c1-2-6-12-16-15(20-17-12)22-10-14-19-18-13(21-14)9-11-7-4-3-5-8-11/h3-5,7-8H,2,6,9-10H2,1H3,(H,16,17,20). The van der Waals surface area contributed by atoms with Crippen LogP contribution in [-0.4, -0.2) is 25.4 Å². The molecule has 0 bridgehead atoms. The number of aromatic nitrogens is 5. The summed E-state index contributed by atoms with van der Waals surface area (Å²) in [5.74, 6) is 2.71. The molecule has 3 rings (SSSR count). The summed E-state index contributed by atoms with van der Waals surface area (Å²) >= 11 is 1.49. The molecule has 6 nitrogen and oxygen atoms in total. The number of hydrogen-bond donors (Lipinski definition) is 1. The molecule has 0 saturated heterocycles. The van der Waals surface area contributed by atoms with Gasteiger partial charge in [0.25, 0.3) is 0 Å². The van der Waals surface area contributed by atoms with Crippen molar-refractivity contribution >= 4 is 11.8 Å². The molecule has 0 aliphatic heterocycles. The Morgan fingerprint density at radius 2 is 1.95 bits per heavy atom. The molecule has 7 heteroatoms. The van der Waals surface area contributed by atoms with Crippen molar-refractivity contribution in [1.82, 2.24) is 25.4 Å². The van der Waals surface area contributed by atoms with Gasteiger partial charge < -0.3 is 4.42 Å². The van der Waals surface area contributed by atoms with Crippen LogP contribution in [-0.2, 0) is 18.6 Å². The molecule has 0 fully saturated rings. The molecular weight excluding hydrogens is 298 g/mol. The van der Waals surface area contributed by atoms with Gasteiger partial charge in [0.05, 0.1) is 12.2 Å². The van der Waals surface area contributed by atoms with Crippen LogP contribution in [0.5, 0.6) is 0 Å². The van der Waals surface area contributed by atoms with Crippen molar-refractivity contribution in [3.05, 3.63) is 53.5 Å². The molecule has 22 heavy (non-hydrogen) atoms. The Bertz CT molecular complexity index is 710. The molecule has 1 aromatic carbocycles. The first-order chi connectivity index (χ1) is 10.8. The third-order valence-electron chi connectivity index (χ3n) is 3.03. The van der Waals surface area contributed by atoms with Crippen LogP contribution in [0.2, 0.25) is 0 Å². The number of H-pyrrole nitrogens is 1. The first-order valence-electron chi connectivity index (χ1n) is 7.22. The first kappa shape index (κ1) is 14.8. The Balaban J connectivity index is 1.55. The number of rotatable bonds is 7. The Morgan fingerprint density at radius 3 is 2.77 bits per heavy atom. The third kappa shape index (κ3) is 3.94. The van der Waals surface area contributed by atoms with Crippen molar-refractivity contribution in [1.29, 1.82) is 0 Å². The van der Waals surface area contributed by atoms with E-state index in [1.807, 2.05) is 30.3 Å². The monoisotopic (exact) mass is 315 g/mol. The summed E-state index contributed by atoms with van der Waals surface area (Å²) in [6.45, 7) is 2.11. The Kier molecular flexibility index (Phi) is 4.85. The lowest BCUT2D eigenvalue weighted by Gasteiger charge is -1.95. The van der Waals surface area contributed by atoms with Crippen LogP contribution in [0.25, 0.3) is 0 Å². The molecule has 0 radical (unpaired) electrons. The number of hydrogen-bond acceptors (Lipinski definition) is 6. The van der Waals surface area contributed by atoms with Gasteiger partial charge in [0.15, 0.2) is 0 Å². The van der Waals surface area contributed by atoms with Crippen LogP contribution in [0, 0.1) is 0 Å². The molecule has 2 aromatic heterocycles. The maximum absolute atomic E-state index is 5.65. The smallest absolute Gasteiger partial charge is 0.226 e. The summed E-state index contributed by atoms with van der Waals surface area (Å²) in [7, 11) is 0. The summed E-state index contributed by atoms with van der Waals surface area (Å²) < 4.78 is 5.65. The molecule has 0 atom stereocenters. The quantitative estimate of drug-likeness (QED) is 0.675. The largest absolute Gasteiger partial charge is 0.424 e. The van der Waals surface area contributed by atoms with Gasteiger partial charge in [-0.15, -0.1) is 15.3 Å². The minimum Gasteiger partial charge on any atom is -0.424 e. The van der Waals surface area contributed by atoms with Crippen molar-refractivity contribution in [2.24, 2.45) is 0 Å². The zero-order chi connectivity index (χ0) is 15.2. The normalized spacial score (nSPS) is 11.0. The Morgan fingerprint density at radius 1 is 1.14 bits per heavy atom. The summed E-state index contributed by atoms with van der Waals surface area (Å²) in [4.78, 5) is 4.40. The average Bonchev–Trinajstić information content (AvgIpc) is 3.16. The highest BCUT2D eigenvalue weighted by molar-refractivity contribution is 7.98. The highest BCUT2D eigenvalue weighted by Crippen LogP contribution is 2.19. The van der Waals surface area contributed by atoms with E-state index in [-0.39, 0.29) is 0 Å². The minimum absolute atomic E-state index is 0.575. The van der Waals surface area contributed by atoms with Gasteiger partial charge in [-0.05, 0) is 12.0 Å². The van der Waals surface area contributed by atoms with Crippen molar-refractivity contribution in [3.8, 4) is 0 Å². The summed E-state index contributed by atoms with van der Waals surface area (Å²) in [6, 6.07) is 10.1. The fraction of sp³-hybridized carbons (Fsp3) is 0.333. The van der Waals surface area contributed by atoms with E-state index < -0.39 is 0 Å². The maximum atomic E-state index is 5.65. The average molecular weight is 315 g/mol. The molecule has 114 valence electrons. The van der Waals surface area contributed by atoms with Crippen LogP contribution in [0.1, 0.15) is 36.5 Å². The van der Waals surface area contributed by atoms with E-state index >= 15 is 0 Å². The minimum atomic E-state index is 0.575. The summed E-state index contributed by atoms with van der Waals surface area (Å²) in [5.41, 5.74) is 1.16. The van der Waals surface area contributed by atoms with E-state index in [4.69, 9.17) is 4.42 Å². The van der Waals surface area contributed by atoms with Gasteiger partial charge in [-0.3, -0.25) is 5.10 Å². The summed E-state index contributed by atoms with van der Waals surface area (Å²) in [5, 5.41) is 16.0. The molecule has 0 amide bonds. The predicted octanol–water partition coefficient (Wildman–Crippen LogP) is 3.02. The fourth-order valence-electron chi connectivity index (χ4n) is 2.01. The van der Waals surface area contributed by atoms with E-state index in [0.717, 1.165) is 24.2 Å². The second-order valence-corrected chi connectivity index (χ2v) is 5.80. The Labute approximate surface area is 132 Å². The van der Waals surface area contributed by atoms with Gasteiger partial charge in [-0.1, -0.05) is 49.0 Å². The number of benzene rings is 1. The second-order valence-electron chi connectivity index (χ2n) is 4.86. The van der Waals surface area contributed by atoms with Crippen LogP contribution in [0.3, 0.4) is 0 Å². The van der Waals surface area contributed by atoms with E-state index in [1.165, 1.54) is 11.8 Å². The van der Waals surface area contributed by atoms with Gasteiger partial charge in [0.2, 0.25) is 16.9 Å². The van der Waals surface area contributed by atoms with Crippen molar-refractivity contribution in [2.75, 3.05) is 0 Å². The predicted molar refractivity (Wildman–Crippen MR) is 83.5 cm³/mol. The molecule has 0 aliphatic rings. The maximum Gasteiger partial charge on any atom is 0.226 e. The van der Waals surface area contributed by atoms with Crippen LogP contribution < -0.4 is 0 Å². The van der Waals surface area contributed by atoms with Crippen molar-refractivity contribution < 1.29 is 4.42 Å². The molecule has 2 heterocycles. The molecule has 0 spiro atoms.